The van der Waals surface area contributed by atoms with Gasteiger partial charge in [-0.3, -0.25) is 0 Å². The first-order valence-electron chi connectivity index (χ1n) is 7.38. The van der Waals surface area contributed by atoms with Crippen LogP contribution in [-0.4, -0.2) is 22.5 Å². The summed E-state index contributed by atoms with van der Waals surface area (Å²) in [4.78, 5) is 0. The molecule has 1 aromatic heterocycles. The van der Waals surface area contributed by atoms with Crippen LogP contribution < -0.4 is 9.47 Å². The van der Waals surface area contributed by atoms with Gasteiger partial charge in [0.15, 0.2) is 0 Å². The zero-order valence-electron chi connectivity index (χ0n) is 13.7. The van der Waals surface area contributed by atoms with E-state index in [-0.39, 0.29) is 6.10 Å². The summed E-state index contributed by atoms with van der Waals surface area (Å²) < 4.78 is 13.2. The van der Waals surface area contributed by atoms with Crippen LogP contribution in [0.1, 0.15) is 31.9 Å². The Bertz CT molecular complexity index is 630. The Morgan fingerprint density at radius 3 is 2.52 bits per heavy atom. The van der Waals surface area contributed by atoms with E-state index in [4.69, 9.17) is 9.47 Å². The van der Waals surface area contributed by atoms with Gasteiger partial charge in [0.2, 0.25) is 5.88 Å². The molecule has 0 aliphatic rings. The number of nitrogens with zero attached hydrogens (tertiary/aromatic N) is 2. The first-order chi connectivity index (χ1) is 9.93. The van der Waals surface area contributed by atoms with E-state index in [1.54, 1.807) is 4.68 Å². The number of hydrogen-bond acceptors (Lipinski definition) is 3. The molecule has 0 fully saturated rings. The molecule has 0 aliphatic heterocycles. The van der Waals surface area contributed by atoms with Crippen LogP contribution in [0.4, 0.5) is 0 Å². The molecule has 0 N–H and O–H groups in total. The molecule has 0 aliphatic carbocycles. The van der Waals surface area contributed by atoms with Gasteiger partial charge >= 0.3 is 0 Å². The second kappa shape index (κ2) is 6.20. The van der Waals surface area contributed by atoms with Crippen LogP contribution in [0.15, 0.2) is 18.2 Å². The fourth-order valence-corrected chi connectivity index (χ4v) is 2.41. The van der Waals surface area contributed by atoms with Crippen LogP contribution in [0.5, 0.6) is 11.6 Å². The maximum Gasteiger partial charge on any atom is 0.215 e. The first-order valence-corrected chi connectivity index (χ1v) is 7.38. The van der Waals surface area contributed by atoms with Crippen LogP contribution in [0.3, 0.4) is 0 Å². The van der Waals surface area contributed by atoms with Gasteiger partial charge in [-0.1, -0.05) is 0 Å². The molecule has 0 radical (unpaired) electrons. The summed E-state index contributed by atoms with van der Waals surface area (Å²) in [6, 6.07) is 6.18. The molecule has 0 saturated heterocycles. The highest BCUT2D eigenvalue weighted by Crippen LogP contribution is 2.32. The zero-order valence-corrected chi connectivity index (χ0v) is 13.7. The molecular formula is C17H24N2O2. The van der Waals surface area contributed by atoms with Gasteiger partial charge in [-0.25, -0.2) is 4.68 Å². The normalized spacial score (nSPS) is 11.0. The number of aryl methyl sites for hydroxylation is 2. The fraction of sp³-hybridized carbons (Fsp3) is 0.471. The number of aromatic nitrogens is 2. The van der Waals surface area contributed by atoms with Crippen LogP contribution in [0.2, 0.25) is 0 Å². The van der Waals surface area contributed by atoms with Crippen LogP contribution >= 0.6 is 0 Å². The van der Waals surface area contributed by atoms with Gasteiger partial charge in [-0.2, -0.15) is 5.10 Å². The Balaban J connectivity index is 2.39. The minimum Gasteiger partial charge on any atom is -0.491 e. The summed E-state index contributed by atoms with van der Waals surface area (Å²) in [5.41, 5.74) is 4.23. The fourth-order valence-electron chi connectivity index (χ4n) is 2.41. The number of hydrogen-bond donors (Lipinski definition) is 0. The van der Waals surface area contributed by atoms with Crippen molar-refractivity contribution in [1.82, 2.24) is 9.78 Å². The van der Waals surface area contributed by atoms with Crippen LogP contribution in [0.25, 0.3) is 11.3 Å². The van der Waals surface area contributed by atoms with Crippen molar-refractivity contribution in [2.45, 2.75) is 40.7 Å². The third-order valence-electron chi connectivity index (χ3n) is 3.31. The minimum atomic E-state index is 0.177. The SMILES string of the molecule is CCOc1c(C)c(-c2ccc(OC(C)C)c(C)c2)nn1C. The maximum absolute atomic E-state index is 5.78. The Kier molecular flexibility index (Phi) is 4.56. The molecule has 21 heavy (non-hydrogen) atoms. The topological polar surface area (TPSA) is 36.3 Å². The van der Waals surface area contributed by atoms with Crippen molar-refractivity contribution in [2.75, 3.05) is 6.61 Å². The molecule has 0 unspecified atom stereocenters. The lowest BCUT2D eigenvalue weighted by Gasteiger charge is -2.13. The van der Waals surface area contributed by atoms with Crippen LogP contribution in [0, 0.1) is 13.8 Å². The summed E-state index contributed by atoms with van der Waals surface area (Å²) in [5.74, 6) is 1.75. The highest BCUT2D eigenvalue weighted by molar-refractivity contribution is 5.67. The quantitative estimate of drug-likeness (QED) is 0.837. The average molecular weight is 288 g/mol. The lowest BCUT2D eigenvalue weighted by molar-refractivity contribution is 0.241. The largest absolute Gasteiger partial charge is 0.491 e. The van der Waals surface area contributed by atoms with Crippen molar-refractivity contribution in [2.24, 2.45) is 7.05 Å². The van der Waals surface area contributed by atoms with E-state index in [0.717, 1.165) is 34.0 Å². The molecule has 2 aromatic rings. The van der Waals surface area contributed by atoms with Crippen molar-refractivity contribution in [3.05, 3.63) is 29.3 Å². The monoisotopic (exact) mass is 288 g/mol. The van der Waals surface area contributed by atoms with Gasteiger partial charge < -0.3 is 9.47 Å². The zero-order chi connectivity index (χ0) is 15.6. The van der Waals surface area contributed by atoms with Gasteiger partial charge in [0.25, 0.3) is 0 Å². The third-order valence-corrected chi connectivity index (χ3v) is 3.31. The van der Waals surface area contributed by atoms with Gasteiger partial charge in [0.05, 0.1) is 18.4 Å². The van der Waals surface area contributed by atoms with Crippen LogP contribution in [-0.2, 0) is 7.05 Å². The van der Waals surface area contributed by atoms with Crippen molar-refractivity contribution < 1.29 is 9.47 Å². The summed E-state index contributed by atoms with van der Waals surface area (Å²) in [7, 11) is 1.91. The molecule has 0 bridgehead atoms. The molecule has 0 amide bonds. The molecule has 0 atom stereocenters. The highest BCUT2D eigenvalue weighted by Gasteiger charge is 2.15. The molecule has 1 aromatic carbocycles. The van der Waals surface area contributed by atoms with E-state index >= 15 is 0 Å². The standard InChI is InChI=1S/C17H24N2O2/c1-7-20-17-13(5)16(18-19(17)6)14-8-9-15(12(4)10-14)21-11(2)3/h8-11H,7H2,1-6H3. The number of benzene rings is 1. The van der Waals surface area contributed by atoms with E-state index < -0.39 is 0 Å². The van der Waals surface area contributed by atoms with Crippen molar-refractivity contribution in [3.63, 3.8) is 0 Å². The highest BCUT2D eigenvalue weighted by atomic mass is 16.5. The Morgan fingerprint density at radius 2 is 1.95 bits per heavy atom. The van der Waals surface area contributed by atoms with Gasteiger partial charge in [-0.05, 0) is 58.4 Å². The van der Waals surface area contributed by atoms with Crippen molar-refractivity contribution >= 4 is 0 Å². The first kappa shape index (κ1) is 15.4. The van der Waals surface area contributed by atoms with E-state index in [1.165, 1.54) is 0 Å². The number of rotatable bonds is 5. The molecule has 0 spiro atoms. The molecule has 114 valence electrons. The average Bonchev–Trinajstić information content (AvgIpc) is 2.69. The molecule has 4 heteroatoms. The Labute approximate surface area is 126 Å². The van der Waals surface area contributed by atoms with Gasteiger partial charge in [-0.15, -0.1) is 0 Å². The molecule has 0 saturated carbocycles. The lowest BCUT2D eigenvalue weighted by atomic mass is 10.1. The smallest absolute Gasteiger partial charge is 0.215 e. The summed E-state index contributed by atoms with van der Waals surface area (Å²) >= 11 is 0. The van der Waals surface area contributed by atoms with E-state index in [9.17, 15) is 0 Å². The predicted molar refractivity (Wildman–Crippen MR) is 85.1 cm³/mol. The Morgan fingerprint density at radius 1 is 1.24 bits per heavy atom. The van der Waals surface area contributed by atoms with Crippen molar-refractivity contribution in [1.29, 1.82) is 0 Å². The third kappa shape index (κ3) is 3.20. The summed E-state index contributed by atoms with van der Waals surface area (Å²) in [5, 5.41) is 4.58. The second-order valence-electron chi connectivity index (χ2n) is 5.48. The maximum atomic E-state index is 5.78. The molecule has 4 nitrogen and oxygen atoms in total. The summed E-state index contributed by atoms with van der Waals surface area (Å²) in [6.07, 6.45) is 0.177. The van der Waals surface area contributed by atoms with E-state index in [0.29, 0.717) is 6.61 Å². The van der Waals surface area contributed by atoms with E-state index in [1.807, 2.05) is 40.8 Å². The number of ether oxygens (including phenoxy) is 2. The minimum absolute atomic E-state index is 0.177. The lowest BCUT2D eigenvalue weighted by Crippen LogP contribution is -2.06. The predicted octanol–water partition coefficient (Wildman–Crippen LogP) is 3.89. The molecular weight excluding hydrogens is 264 g/mol. The molecule has 1 heterocycles. The molecule has 2 rings (SSSR count). The van der Waals surface area contributed by atoms with Crippen molar-refractivity contribution in [3.8, 4) is 22.9 Å². The summed E-state index contributed by atoms with van der Waals surface area (Å²) in [6.45, 7) is 10.8. The second-order valence-corrected chi connectivity index (χ2v) is 5.48. The van der Waals surface area contributed by atoms with Gasteiger partial charge in [0, 0.05) is 18.2 Å². The van der Waals surface area contributed by atoms with E-state index in [2.05, 4.69) is 24.2 Å². The Hall–Kier alpha value is -1.97. The van der Waals surface area contributed by atoms with Gasteiger partial charge in [0.1, 0.15) is 5.75 Å².